The number of fused-ring (bicyclic) bond motifs is 3. The largest absolute Gasteiger partial charge is 0.460 e. The average molecular weight is 1140 g/mol. The minimum atomic E-state index is -2.49. The van der Waals surface area contributed by atoms with Crippen molar-refractivity contribution in [3.05, 3.63) is 95.9 Å². The number of methoxy groups -OCH3 is 2. The summed E-state index contributed by atoms with van der Waals surface area (Å²) in [6, 6.07) is 8.77. The molecule has 1 saturated carbocycles. The first-order valence-corrected chi connectivity index (χ1v) is 29.6. The molecule has 15 atom stereocenters. The Balaban J connectivity index is 1.26. The molecule has 3 N–H and O–H groups in total. The number of nitrogens with zero attached hydrogens (tertiary/aromatic N) is 4. The van der Waals surface area contributed by atoms with Crippen LogP contribution < -0.4 is 5.32 Å². The lowest BCUT2D eigenvalue weighted by Gasteiger charge is -2.43. The van der Waals surface area contributed by atoms with Gasteiger partial charge in [0.2, 0.25) is 5.79 Å². The molecule has 2 saturated heterocycles. The summed E-state index contributed by atoms with van der Waals surface area (Å²) in [4.78, 5) is 86.3. The molecule has 4 aliphatic rings. The Labute approximate surface area is 484 Å². The number of ether oxygens (including phenoxy) is 6. The number of hydrogen-bond acceptors (Lipinski definition) is 16. The van der Waals surface area contributed by atoms with Crippen LogP contribution in [0.5, 0.6) is 0 Å². The van der Waals surface area contributed by atoms with E-state index in [-0.39, 0.29) is 55.8 Å². The molecular weight excluding hydrogens is 1050 g/mol. The molecule has 452 valence electrons. The second-order valence-corrected chi connectivity index (χ2v) is 23.4. The van der Waals surface area contributed by atoms with Crippen LogP contribution in [0.1, 0.15) is 131 Å². The van der Waals surface area contributed by atoms with Crippen LogP contribution in [0.25, 0.3) is 0 Å². The van der Waals surface area contributed by atoms with E-state index in [1.54, 1.807) is 51.0 Å². The van der Waals surface area contributed by atoms with Crippen LogP contribution in [0.15, 0.2) is 90.3 Å². The lowest BCUT2D eigenvalue weighted by molar-refractivity contribution is -0.266. The number of aliphatic hydroxyl groups excluding tert-OH is 1. The van der Waals surface area contributed by atoms with Crippen LogP contribution in [0.2, 0.25) is 0 Å². The molecule has 1 aromatic heterocycles. The first kappa shape index (κ1) is 65.5. The number of hydrogen-bond donors (Lipinski definition) is 3. The van der Waals surface area contributed by atoms with Crippen LogP contribution in [-0.4, -0.2) is 154 Å². The van der Waals surface area contributed by atoms with Crippen molar-refractivity contribution in [1.29, 1.82) is 0 Å². The van der Waals surface area contributed by atoms with Gasteiger partial charge in [-0.2, -0.15) is 0 Å². The van der Waals surface area contributed by atoms with Gasteiger partial charge in [-0.1, -0.05) is 107 Å². The van der Waals surface area contributed by atoms with Crippen LogP contribution in [-0.2, 0) is 65.4 Å². The molecule has 82 heavy (non-hydrogen) atoms. The molecule has 0 spiro atoms. The van der Waals surface area contributed by atoms with Crippen LogP contribution in [0, 0.1) is 35.5 Å². The Hall–Kier alpha value is -5.70. The number of ketones is 3. The Morgan fingerprint density at radius 3 is 2.39 bits per heavy atom. The molecule has 6 rings (SSSR count). The minimum Gasteiger partial charge on any atom is -0.460 e. The highest BCUT2D eigenvalue weighted by atomic mass is 16.6. The fraction of sp³-hybridized carbons (Fsp3) is 0.651. The van der Waals surface area contributed by atoms with Gasteiger partial charge in [0.15, 0.2) is 5.78 Å². The standard InChI is InChI=1S/C63H91N5O14/c1-40-18-12-10-13-19-41(2)53(79-33-27-47-20-14-11-15-21-47)38-49-25-23-46(7)63(76,82-49)59(72)60(73)68-30-17-16-22-50(68)61(74)80-54(39-51(69)42(3)35-45(6)57(71)58(78-9)56(70)44(5)34-40)43(4)36-48-24-26-52(55(37-48)77-8)81-62(75)64-28-31-67-32-29-65-66-67/h10-15,18-21,29,32,35,40,42-44,46,48-50,52-55,57-58,71,76H,16-17,22-28,30-31,33-34,36-39H2,1-9H3,(H,64,75)/b13-10+,18-12+,41-19+,45-35+/t40-,42-,43-,44-,46-,48+,49+,50?,52-,53?,54+,55-,57-,58+,63-/m1/s1. The van der Waals surface area contributed by atoms with Crippen molar-refractivity contribution in [2.75, 3.05) is 33.9 Å². The maximum Gasteiger partial charge on any atom is 0.407 e. The van der Waals surface area contributed by atoms with Gasteiger partial charge in [-0.05, 0) is 119 Å². The average Bonchev–Trinajstić information content (AvgIpc) is 4.08. The summed E-state index contributed by atoms with van der Waals surface area (Å²) in [6.07, 6.45) is 13.7. The predicted octanol–water partition coefficient (Wildman–Crippen LogP) is 7.82. The van der Waals surface area contributed by atoms with Crippen molar-refractivity contribution in [2.24, 2.45) is 35.5 Å². The third kappa shape index (κ3) is 18.4. The number of Topliss-reactive ketones (excluding diaryl/α,β-unsaturated/α-hetero) is 3. The van der Waals surface area contributed by atoms with Gasteiger partial charge in [-0.3, -0.25) is 23.9 Å². The highest BCUT2D eigenvalue weighted by Gasteiger charge is 2.53. The number of aromatic nitrogens is 3. The SMILES string of the molecule is CO[C@@H]1C[C@H](C[C@@H](C)[C@@H]2CC(=O)[C@H](C)/C=C(\C)[C@@H](O)[C@@H](OC)C(=O)[C@H](C)C[C@H](C)/C=C/C=C/C=C(\C)C(OCCc3ccccc3)C[C@@H]3CC[C@@H](C)[C@@](O)(O3)C(=O)C(=O)N3CCCCC3C(=O)O2)CC[C@H]1OC(=O)NCCn1ccnn1. The van der Waals surface area contributed by atoms with Gasteiger partial charge in [0.05, 0.1) is 37.7 Å². The molecule has 1 aromatic carbocycles. The van der Waals surface area contributed by atoms with E-state index >= 15 is 0 Å². The number of carbonyl (C=O) groups is 6. The molecule has 4 heterocycles. The van der Waals surface area contributed by atoms with Gasteiger partial charge < -0.3 is 48.9 Å². The molecule has 19 heteroatoms. The lowest BCUT2D eigenvalue weighted by Crippen LogP contribution is -2.61. The molecule has 3 fully saturated rings. The maximum atomic E-state index is 14.7. The number of cyclic esters (lactones) is 1. The van der Waals surface area contributed by atoms with E-state index in [9.17, 15) is 39.0 Å². The van der Waals surface area contributed by atoms with Crippen molar-refractivity contribution >= 4 is 35.3 Å². The van der Waals surface area contributed by atoms with Crippen molar-refractivity contribution in [1.82, 2.24) is 25.2 Å². The van der Waals surface area contributed by atoms with Crippen LogP contribution in [0.3, 0.4) is 0 Å². The van der Waals surface area contributed by atoms with Gasteiger partial charge >= 0.3 is 12.1 Å². The number of nitrogens with one attached hydrogen (secondary N) is 1. The van der Waals surface area contributed by atoms with E-state index < -0.39 is 102 Å². The monoisotopic (exact) mass is 1140 g/mol. The topological polar surface area (TPSA) is 244 Å². The summed E-state index contributed by atoms with van der Waals surface area (Å²) in [5.74, 6) is -8.49. The fourth-order valence-corrected chi connectivity index (χ4v) is 11.9. The third-order valence-corrected chi connectivity index (χ3v) is 17.1. The second kappa shape index (κ2) is 31.8. The number of esters is 1. The van der Waals surface area contributed by atoms with Crippen LogP contribution in [0.4, 0.5) is 4.79 Å². The molecular formula is C63H91N5O14. The molecule has 3 aliphatic heterocycles. The van der Waals surface area contributed by atoms with Crippen molar-refractivity contribution in [2.45, 2.75) is 193 Å². The van der Waals surface area contributed by atoms with E-state index in [1.165, 1.54) is 12.0 Å². The highest BCUT2D eigenvalue weighted by molar-refractivity contribution is 6.39. The number of benzene rings is 1. The number of alkyl carbamates (subject to hydrolysis) is 1. The zero-order valence-corrected chi connectivity index (χ0v) is 49.7. The molecule has 19 nitrogen and oxygen atoms in total. The molecule has 2 amide bonds. The van der Waals surface area contributed by atoms with Crippen molar-refractivity contribution < 1.29 is 67.4 Å². The van der Waals surface area contributed by atoms with E-state index in [4.69, 9.17) is 28.4 Å². The Kier molecular flexibility index (Phi) is 25.4. The summed E-state index contributed by atoms with van der Waals surface area (Å²) in [5.41, 5.74) is 2.35. The normalized spacial score (nSPS) is 34.3. The van der Waals surface area contributed by atoms with Gasteiger partial charge in [0.25, 0.3) is 11.7 Å². The summed E-state index contributed by atoms with van der Waals surface area (Å²) in [7, 11) is 2.94. The number of piperidine rings is 1. The first-order valence-electron chi connectivity index (χ1n) is 29.6. The molecule has 2 unspecified atom stereocenters. The lowest BCUT2D eigenvalue weighted by atomic mass is 9.78. The van der Waals surface area contributed by atoms with Crippen LogP contribution >= 0.6 is 0 Å². The van der Waals surface area contributed by atoms with E-state index in [0.29, 0.717) is 82.9 Å². The smallest absolute Gasteiger partial charge is 0.407 e. The fourth-order valence-electron chi connectivity index (χ4n) is 11.9. The van der Waals surface area contributed by atoms with Gasteiger partial charge in [0.1, 0.15) is 36.2 Å². The highest BCUT2D eigenvalue weighted by Crippen LogP contribution is 2.38. The summed E-state index contributed by atoms with van der Waals surface area (Å²) < 4.78 is 38.2. The van der Waals surface area contributed by atoms with E-state index in [1.807, 2.05) is 88.4 Å². The second-order valence-electron chi connectivity index (χ2n) is 23.4. The third-order valence-electron chi connectivity index (χ3n) is 17.1. The summed E-state index contributed by atoms with van der Waals surface area (Å²) in [6.45, 7) is 13.8. The number of amides is 2. The minimum absolute atomic E-state index is 0.0125. The zero-order chi connectivity index (χ0) is 59.5. The summed E-state index contributed by atoms with van der Waals surface area (Å²) >= 11 is 0. The molecule has 2 bridgehead atoms. The number of aliphatic hydroxyl groups is 2. The number of rotatable bonds is 13. The van der Waals surface area contributed by atoms with Crippen molar-refractivity contribution in [3.63, 3.8) is 0 Å². The number of allylic oxidation sites excluding steroid dienone is 6. The zero-order valence-electron chi connectivity index (χ0n) is 49.7. The Bertz CT molecular complexity index is 2530. The van der Waals surface area contributed by atoms with E-state index in [2.05, 4.69) is 15.6 Å². The van der Waals surface area contributed by atoms with Gasteiger partial charge in [0, 0.05) is 64.1 Å². The van der Waals surface area contributed by atoms with Gasteiger partial charge in [-0.25, -0.2) is 9.59 Å². The maximum absolute atomic E-state index is 14.7. The molecule has 2 aromatic rings. The Morgan fingerprint density at radius 1 is 0.902 bits per heavy atom. The quantitative estimate of drug-likeness (QED) is 0.0983. The molecule has 1 aliphatic carbocycles. The predicted molar refractivity (Wildman–Crippen MR) is 307 cm³/mol. The first-order chi connectivity index (χ1) is 39.2. The van der Waals surface area contributed by atoms with E-state index in [0.717, 1.165) is 11.1 Å². The summed E-state index contributed by atoms with van der Waals surface area (Å²) in [5, 5.41) is 34.3. The number of carbonyl (C=O) groups excluding carboxylic acids is 6. The molecule has 0 radical (unpaired) electrons. The Morgan fingerprint density at radius 2 is 1.67 bits per heavy atom. The van der Waals surface area contributed by atoms with Crippen molar-refractivity contribution in [3.8, 4) is 0 Å². The van der Waals surface area contributed by atoms with Gasteiger partial charge in [-0.15, -0.1) is 5.10 Å².